The van der Waals surface area contributed by atoms with Gasteiger partial charge in [0.05, 0.1) is 10.6 Å². The fourth-order valence-corrected chi connectivity index (χ4v) is 2.39. The second-order valence-electron chi connectivity index (χ2n) is 4.80. The van der Waals surface area contributed by atoms with Crippen molar-refractivity contribution >= 4 is 58.4 Å². The van der Waals surface area contributed by atoms with E-state index in [1.54, 1.807) is 19.1 Å². The second kappa shape index (κ2) is 8.66. The minimum absolute atomic E-state index is 0.0799. The number of thiocarbonyl (C=S) groups is 1. The first-order valence-corrected chi connectivity index (χ1v) is 8.12. The van der Waals surface area contributed by atoms with Gasteiger partial charge >= 0.3 is 0 Å². The van der Waals surface area contributed by atoms with Crippen molar-refractivity contribution in [2.75, 3.05) is 0 Å². The number of halogens is 2. The molecule has 1 heterocycles. The third-order valence-electron chi connectivity index (χ3n) is 2.86. The lowest BCUT2D eigenvalue weighted by molar-refractivity contribution is -0.115. The largest absolute Gasteiger partial charge is 0.462 e. The maximum absolute atomic E-state index is 12.0. The predicted octanol–water partition coefficient (Wildman–Crippen LogP) is 3.24. The van der Waals surface area contributed by atoms with Gasteiger partial charge in [0.2, 0.25) is 5.91 Å². The van der Waals surface area contributed by atoms with Crippen molar-refractivity contribution in [2.24, 2.45) is 0 Å². The van der Waals surface area contributed by atoms with Gasteiger partial charge in [-0.2, -0.15) is 0 Å². The molecule has 0 spiro atoms. The van der Waals surface area contributed by atoms with Crippen LogP contribution in [-0.4, -0.2) is 16.9 Å². The third kappa shape index (κ3) is 5.90. The molecule has 0 aliphatic rings. The Hall–Kier alpha value is -2.35. The summed E-state index contributed by atoms with van der Waals surface area (Å²) in [7, 11) is 0. The van der Waals surface area contributed by atoms with Crippen molar-refractivity contribution in [1.29, 1.82) is 0 Å². The van der Waals surface area contributed by atoms with E-state index in [4.69, 9.17) is 39.8 Å². The quantitative estimate of drug-likeness (QED) is 0.420. The highest BCUT2D eigenvalue weighted by Gasteiger charge is 2.11. The van der Waals surface area contributed by atoms with E-state index in [2.05, 4.69) is 16.2 Å². The summed E-state index contributed by atoms with van der Waals surface area (Å²) in [5, 5.41) is 2.90. The highest BCUT2D eigenvalue weighted by atomic mass is 35.5. The summed E-state index contributed by atoms with van der Waals surface area (Å²) in [4.78, 5) is 23.7. The van der Waals surface area contributed by atoms with Gasteiger partial charge in [-0.05, 0) is 55.5 Å². The van der Waals surface area contributed by atoms with Gasteiger partial charge in [0.15, 0.2) is 5.11 Å². The molecule has 2 amide bonds. The molecule has 25 heavy (non-hydrogen) atoms. The zero-order valence-corrected chi connectivity index (χ0v) is 15.3. The van der Waals surface area contributed by atoms with Gasteiger partial charge in [0.25, 0.3) is 5.91 Å². The Morgan fingerprint density at radius 2 is 1.92 bits per heavy atom. The maximum atomic E-state index is 12.0. The Morgan fingerprint density at radius 1 is 1.16 bits per heavy atom. The molecule has 130 valence electrons. The molecule has 0 saturated carbocycles. The standard InChI is InChI=1S/C16H13Cl2N3O3S/c1-9-2-4-11(24-9)5-7-14(22)19-16(25)21-20-15(23)12-6-3-10(17)8-13(12)18/h2-8H,1H3,(H,20,23)(H2,19,21,22,25)/b7-5+. The van der Waals surface area contributed by atoms with Crippen LogP contribution >= 0.6 is 35.4 Å². The molecule has 2 aromatic rings. The number of hydrogen-bond donors (Lipinski definition) is 3. The molecular formula is C16H13Cl2N3O3S. The molecule has 6 nitrogen and oxygen atoms in total. The fraction of sp³-hybridized carbons (Fsp3) is 0.0625. The first-order chi connectivity index (χ1) is 11.8. The average Bonchev–Trinajstić information content (AvgIpc) is 2.96. The van der Waals surface area contributed by atoms with Crippen LogP contribution in [0.4, 0.5) is 0 Å². The van der Waals surface area contributed by atoms with Crippen molar-refractivity contribution in [2.45, 2.75) is 6.92 Å². The molecule has 1 aromatic carbocycles. The summed E-state index contributed by atoms with van der Waals surface area (Å²) in [6.45, 7) is 1.80. The van der Waals surface area contributed by atoms with Gasteiger partial charge in [-0.1, -0.05) is 23.2 Å². The minimum Gasteiger partial charge on any atom is -0.462 e. The number of hydrazine groups is 1. The molecule has 0 radical (unpaired) electrons. The van der Waals surface area contributed by atoms with Crippen molar-refractivity contribution in [1.82, 2.24) is 16.2 Å². The van der Waals surface area contributed by atoms with Crippen LogP contribution in [-0.2, 0) is 4.79 Å². The monoisotopic (exact) mass is 397 g/mol. The number of furan rings is 1. The summed E-state index contributed by atoms with van der Waals surface area (Å²) < 4.78 is 5.29. The Morgan fingerprint density at radius 3 is 2.56 bits per heavy atom. The molecule has 0 saturated heterocycles. The summed E-state index contributed by atoms with van der Waals surface area (Å²) >= 11 is 16.6. The van der Waals surface area contributed by atoms with Crippen molar-refractivity contribution in [3.63, 3.8) is 0 Å². The fourth-order valence-electron chi connectivity index (χ4n) is 1.74. The lowest BCUT2D eigenvalue weighted by atomic mass is 10.2. The number of carbonyl (C=O) groups excluding carboxylic acids is 2. The van der Waals surface area contributed by atoms with Gasteiger partial charge < -0.3 is 4.42 Å². The summed E-state index contributed by atoms with van der Waals surface area (Å²) in [6, 6.07) is 7.95. The summed E-state index contributed by atoms with van der Waals surface area (Å²) in [6.07, 6.45) is 2.75. The Kier molecular flexibility index (Phi) is 6.58. The van der Waals surface area contributed by atoms with E-state index >= 15 is 0 Å². The Labute approximate surface area is 159 Å². The zero-order chi connectivity index (χ0) is 18.4. The van der Waals surface area contributed by atoms with Gasteiger partial charge in [-0.3, -0.25) is 25.8 Å². The highest BCUT2D eigenvalue weighted by molar-refractivity contribution is 7.80. The summed E-state index contributed by atoms with van der Waals surface area (Å²) in [5.41, 5.74) is 4.94. The molecule has 0 unspecified atom stereocenters. The topological polar surface area (TPSA) is 83.4 Å². The van der Waals surface area contributed by atoms with E-state index in [9.17, 15) is 9.59 Å². The third-order valence-corrected chi connectivity index (χ3v) is 3.61. The first-order valence-electron chi connectivity index (χ1n) is 6.96. The predicted molar refractivity (Wildman–Crippen MR) is 100 cm³/mol. The van der Waals surface area contributed by atoms with E-state index in [0.29, 0.717) is 10.8 Å². The molecule has 0 bridgehead atoms. The molecule has 0 fully saturated rings. The van der Waals surface area contributed by atoms with Crippen LogP contribution in [0.2, 0.25) is 10.0 Å². The molecule has 3 N–H and O–H groups in total. The van der Waals surface area contributed by atoms with Gasteiger partial charge in [0.1, 0.15) is 11.5 Å². The average molecular weight is 398 g/mol. The van der Waals surface area contributed by atoms with E-state index in [-0.39, 0.29) is 15.7 Å². The van der Waals surface area contributed by atoms with E-state index in [0.717, 1.165) is 5.76 Å². The number of aryl methyl sites for hydroxylation is 1. The number of rotatable bonds is 3. The van der Waals surface area contributed by atoms with Gasteiger partial charge in [0, 0.05) is 11.1 Å². The summed E-state index contributed by atoms with van der Waals surface area (Å²) in [5.74, 6) is 0.267. The molecule has 0 aliphatic carbocycles. The van der Waals surface area contributed by atoms with Crippen LogP contribution in [0.1, 0.15) is 21.9 Å². The van der Waals surface area contributed by atoms with Crippen molar-refractivity contribution in [3.8, 4) is 0 Å². The van der Waals surface area contributed by atoms with Gasteiger partial charge in [-0.15, -0.1) is 0 Å². The van der Waals surface area contributed by atoms with E-state index in [1.165, 1.54) is 30.4 Å². The van der Waals surface area contributed by atoms with Crippen LogP contribution in [0.5, 0.6) is 0 Å². The number of hydrogen-bond acceptors (Lipinski definition) is 4. The van der Waals surface area contributed by atoms with Crippen LogP contribution < -0.4 is 16.2 Å². The Bertz CT molecular complexity index is 849. The molecule has 0 atom stereocenters. The smallest absolute Gasteiger partial charge is 0.271 e. The molecule has 0 aliphatic heterocycles. The highest BCUT2D eigenvalue weighted by Crippen LogP contribution is 2.20. The molecule has 9 heteroatoms. The van der Waals surface area contributed by atoms with E-state index < -0.39 is 11.8 Å². The van der Waals surface area contributed by atoms with Crippen molar-refractivity contribution in [3.05, 3.63) is 63.5 Å². The number of carbonyl (C=O) groups is 2. The number of nitrogens with one attached hydrogen (secondary N) is 3. The molecule has 2 rings (SSSR count). The van der Waals surface area contributed by atoms with Crippen LogP contribution in [0.15, 0.2) is 40.8 Å². The lowest BCUT2D eigenvalue weighted by Crippen LogP contribution is -2.48. The van der Waals surface area contributed by atoms with Crippen LogP contribution in [0.3, 0.4) is 0 Å². The molecular weight excluding hydrogens is 385 g/mol. The normalized spacial score (nSPS) is 10.5. The number of amides is 2. The zero-order valence-electron chi connectivity index (χ0n) is 12.9. The maximum Gasteiger partial charge on any atom is 0.271 e. The second-order valence-corrected chi connectivity index (χ2v) is 6.06. The number of benzene rings is 1. The van der Waals surface area contributed by atoms with Crippen LogP contribution in [0, 0.1) is 6.92 Å². The SMILES string of the molecule is Cc1ccc(/C=C/C(=O)NC(=S)NNC(=O)c2ccc(Cl)cc2Cl)o1. The first kappa shape index (κ1) is 19.0. The Balaban J connectivity index is 1.82. The minimum atomic E-state index is -0.528. The van der Waals surface area contributed by atoms with Crippen LogP contribution in [0.25, 0.3) is 6.08 Å². The van der Waals surface area contributed by atoms with E-state index in [1.807, 2.05) is 0 Å². The lowest BCUT2D eigenvalue weighted by Gasteiger charge is -2.10. The molecule has 1 aromatic heterocycles. The van der Waals surface area contributed by atoms with Gasteiger partial charge in [-0.25, -0.2) is 0 Å². The van der Waals surface area contributed by atoms with Crippen molar-refractivity contribution < 1.29 is 14.0 Å².